The van der Waals surface area contributed by atoms with E-state index in [0.717, 1.165) is 22.3 Å². The number of amides is 1. The number of hydrogen-bond acceptors (Lipinski definition) is 2. The Kier molecular flexibility index (Phi) is 5.47. The average molecular weight is 385 g/mol. The van der Waals surface area contributed by atoms with E-state index in [1.807, 2.05) is 65.5 Å². The van der Waals surface area contributed by atoms with E-state index >= 15 is 0 Å². The highest BCUT2D eigenvalue weighted by Crippen LogP contribution is 2.24. The van der Waals surface area contributed by atoms with Gasteiger partial charge in [0.1, 0.15) is 5.82 Å². The first-order valence-corrected chi connectivity index (χ1v) is 9.37. The number of hydrogen-bond donors (Lipinski definition) is 1. The molecule has 3 aromatic carbocycles. The van der Waals surface area contributed by atoms with Gasteiger partial charge in [0, 0.05) is 24.5 Å². The second kappa shape index (κ2) is 8.52. The van der Waals surface area contributed by atoms with E-state index in [0.29, 0.717) is 18.7 Å². The number of carbonyl (C=O) groups excluding carboxylic acids is 1. The summed E-state index contributed by atoms with van der Waals surface area (Å²) in [5.74, 6) is -0.452. The maximum absolute atomic E-state index is 13.0. The van der Waals surface area contributed by atoms with Crippen molar-refractivity contribution in [3.63, 3.8) is 0 Å². The smallest absolute Gasteiger partial charge is 0.252 e. The Hall–Kier alpha value is -3.73. The van der Waals surface area contributed by atoms with Crippen LogP contribution in [0, 0.1) is 5.82 Å². The van der Waals surface area contributed by atoms with Gasteiger partial charge in [0.05, 0.1) is 6.54 Å². The third-order valence-electron chi connectivity index (χ3n) is 4.71. The number of nitrogens with one attached hydrogen (secondary N) is 1. The fourth-order valence-electron chi connectivity index (χ4n) is 3.18. The highest BCUT2D eigenvalue weighted by atomic mass is 19.1. The minimum absolute atomic E-state index is 0.162. The molecule has 0 saturated carbocycles. The standard InChI is InChI=1S/C24H20FN3O/c25-21-12-8-18(9-13-21)16-26-24(29)23-5-2-1-4-22(23)20-10-6-19(7-11-20)17-28-15-3-14-27-28/h1-15H,16-17H2,(H,26,29). The lowest BCUT2D eigenvalue weighted by molar-refractivity contribution is 0.0951. The predicted octanol–water partition coefficient (Wildman–Crippen LogP) is 4.67. The van der Waals surface area contributed by atoms with Gasteiger partial charge >= 0.3 is 0 Å². The van der Waals surface area contributed by atoms with Crippen molar-refractivity contribution in [3.05, 3.63) is 114 Å². The number of rotatable bonds is 6. The Morgan fingerprint density at radius 2 is 1.62 bits per heavy atom. The zero-order chi connectivity index (χ0) is 20.1. The van der Waals surface area contributed by atoms with Gasteiger partial charge in [0.15, 0.2) is 0 Å². The van der Waals surface area contributed by atoms with Crippen LogP contribution in [0.4, 0.5) is 4.39 Å². The molecule has 144 valence electrons. The second-order valence-corrected chi connectivity index (χ2v) is 6.76. The van der Waals surface area contributed by atoms with Crippen molar-refractivity contribution in [1.29, 1.82) is 0 Å². The van der Waals surface area contributed by atoms with E-state index in [1.165, 1.54) is 12.1 Å². The Balaban J connectivity index is 1.50. The fraction of sp³-hybridized carbons (Fsp3) is 0.0833. The highest BCUT2D eigenvalue weighted by Gasteiger charge is 2.12. The summed E-state index contributed by atoms with van der Waals surface area (Å²) in [5, 5.41) is 7.14. The van der Waals surface area contributed by atoms with E-state index in [1.54, 1.807) is 18.3 Å². The van der Waals surface area contributed by atoms with Gasteiger partial charge in [0.25, 0.3) is 5.91 Å². The molecule has 0 aliphatic carbocycles. The van der Waals surface area contributed by atoms with Crippen LogP contribution in [0.2, 0.25) is 0 Å². The molecule has 0 bridgehead atoms. The first kappa shape index (κ1) is 18.6. The Bertz CT molecular complexity index is 1090. The summed E-state index contributed by atoms with van der Waals surface area (Å²) < 4.78 is 14.9. The van der Waals surface area contributed by atoms with E-state index in [-0.39, 0.29) is 11.7 Å². The first-order valence-electron chi connectivity index (χ1n) is 9.37. The molecule has 4 aromatic rings. The van der Waals surface area contributed by atoms with Gasteiger partial charge in [-0.05, 0) is 46.5 Å². The van der Waals surface area contributed by atoms with E-state index in [2.05, 4.69) is 10.4 Å². The summed E-state index contributed by atoms with van der Waals surface area (Å²) in [7, 11) is 0. The molecule has 4 nitrogen and oxygen atoms in total. The summed E-state index contributed by atoms with van der Waals surface area (Å²) in [5.41, 5.74) is 4.43. The van der Waals surface area contributed by atoms with Crippen molar-refractivity contribution < 1.29 is 9.18 Å². The Morgan fingerprint density at radius 3 is 2.34 bits per heavy atom. The Morgan fingerprint density at radius 1 is 0.897 bits per heavy atom. The molecule has 0 fully saturated rings. The first-order chi connectivity index (χ1) is 14.2. The summed E-state index contributed by atoms with van der Waals surface area (Å²) >= 11 is 0. The van der Waals surface area contributed by atoms with Gasteiger partial charge in [-0.3, -0.25) is 9.48 Å². The van der Waals surface area contributed by atoms with Crippen LogP contribution in [0.15, 0.2) is 91.3 Å². The van der Waals surface area contributed by atoms with Crippen LogP contribution in [0.25, 0.3) is 11.1 Å². The molecule has 29 heavy (non-hydrogen) atoms. The molecule has 4 rings (SSSR count). The van der Waals surface area contributed by atoms with Crippen LogP contribution < -0.4 is 5.32 Å². The molecule has 0 unspecified atom stereocenters. The molecule has 0 radical (unpaired) electrons. The van der Waals surface area contributed by atoms with Crippen LogP contribution in [0.3, 0.4) is 0 Å². The lowest BCUT2D eigenvalue weighted by atomic mass is 9.98. The molecule has 1 aromatic heterocycles. The molecule has 1 N–H and O–H groups in total. The van der Waals surface area contributed by atoms with Gasteiger partial charge in [-0.1, -0.05) is 54.6 Å². The van der Waals surface area contributed by atoms with Crippen molar-refractivity contribution in [2.45, 2.75) is 13.1 Å². The van der Waals surface area contributed by atoms with Crippen molar-refractivity contribution in [3.8, 4) is 11.1 Å². The molecule has 5 heteroatoms. The van der Waals surface area contributed by atoms with Gasteiger partial charge in [-0.25, -0.2) is 4.39 Å². The van der Waals surface area contributed by atoms with Crippen LogP contribution >= 0.6 is 0 Å². The van der Waals surface area contributed by atoms with Crippen molar-refractivity contribution >= 4 is 5.91 Å². The summed E-state index contributed by atoms with van der Waals surface area (Å²) in [4.78, 5) is 12.8. The average Bonchev–Trinajstić information content (AvgIpc) is 3.27. The molecular formula is C24H20FN3O. The normalized spacial score (nSPS) is 10.7. The number of carbonyl (C=O) groups is 1. The van der Waals surface area contributed by atoms with E-state index < -0.39 is 0 Å². The zero-order valence-corrected chi connectivity index (χ0v) is 15.8. The lowest BCUT2D eigenvalue weighted by Crippen LogP contribution is -2.23. The van der Waals surface area contributed by atoms with Crippen LogP contribution in [0.1, 0.15) is 21.5 Å². The van der Waals surface area contributed by atoms with E-state index in [4.69, 9.17) is 0 Å². The van der Waals surface area contributed by atoms with Gasteiger partial charge in [0.2, 0.25) is 0 Å². The molecule has 1 heterocycles. The molecule has 0 aliphatic rings. The van der Waals surface area contributed by atoms with Gasteiger partial charge in [-0.2, -0.15) is 5.10 Å². The summed E-state index contributed by atoms with van der Waals surface area (Å²) in [6, 6.07) is 23.7. The number of halogens is 1. The van der Waals surface area contributed by atoms with E-state index in [9.17, 15) is 9.18 Å². The molecule has 0 aliphatic heterocycles. The minimum Gasteiger partial charge on any atom is -0.348 e. The van der Waals surface area contributed by atoms with Crippen LogP contribution in [0.5, 0.6) is 0 Å². The second-order valence-electron chi connectivity index (χ2n) is 6.76. The third-order valence-corrected chi connectivity index (χ3v) is 4.71. The maximum Gasteiger partial charge on any atom is 0.252 e. The highest BCUT2D eigenvalue weighted by molar-refractivity contribution is 6.00. The largest absolute Gasteiger partial charge is 0.348 e. The molecule has 0 spiro atoms. The number of aromatic nitrogens is 2. The molecule has 1 amide bonds. The maximum atomic E-state index is 13.0. The topological polar surface area (TPSA) is 46.9 Å². The van der Waals surface area contributed by atoms with Crippen molar-refractivity contribution in [2.24, 2.45) is 0 Å². The third kappa shape index (κ3) is 4.58. The molecule has 0 saturated heterocycles. The number of benzene rings is 3. The van der Waals surface area contributed by atoms with Crippen molar-refractivity contribution in [2.75, 3.05) is 0 Å². The summed E-state index contributed by atoms with van der Waals surface area (Å²) in [6.45, 7) is 1.04. The van der Waals surface area contributed by atoms with Crippen molar-refractivity contribution in [1.82, 2.24) is 15.1 Å². The lowest BCUT2D eigenvalue weighted by Gasteiger charge is -2.11. The fourth-order valence-corrected chi connectivity index (χ4v) is 3.18. The monoisotopic (exact) mass is 385 g/mol. The molecular weight excluding hydrogens is 365 g/mol. The molecule has 0 atom stereocenters. The van der Waals surface area contributed by atoms with Crippen LogP contribution in [-0.4, -0.2) is 15.7 Å². The van der Waals surface area contributed by atoms with Gasteiger partial charge in [-0.15, -0.1) is 0 Å². The SMILES string of the molecule is O=C(NCc1ccc(F)cc1)c1ccccc1-c1ccc(Cn2cccn2)cc1. The number of nitrogens with zero attached hydrogens (tertiary/aromatic N) is 2. The quantitative estimate of drug-likeness (QED) is 0.524. The van der Waals surface area contributed by atoms with Crippen LogP contribution in [-0.2, 0) is 13.1 Å². The Labute approximate surface area is 168 Å². The van der Waals surface area contributed by atoms with Gasteiger partial charge < -0.3 is 5.32 Å². The predicted molar refractivity (Wildman–Crippen MR) is 111 cm³/mol. The minimum atomic E-state index is -0.290. The zero-order valence-electron chi connectivity index (χ0n) is 15.8. The summed E-state index contributed by atoms with van der Waals surface area (Å²) in [6.07, 6.45) is 3.68.